The molecule has 1 aliphatic rings. The molecular formula is C24H20FN3O3S. The fourth-order valence-corrected chi connectivity index (χ4v) is 4.53. The van der Waals surface area contributed by atoms with Crippen LogP contribution in [0.1, 0.15) is 27.1 Å². The van der Waals surface area contributed by atoms with Crippen LogP contribution in [-0.2, 0) is 7.05 Å². The normalized spacial score (nSPS) is 13.6. The van der Waals surface area contributed by atoms with Gasteiger partial charge in [-0.1, -0.05) is 12.1 Å². The monoisotopic (exact) mass is 449 g/mol. The first kappa shape index (κ1) is 20.3. The van der Waals surface area contributed by atoms with E-state index in [2.05, 4.69) is 10.3 Å². The first-order chi connectivity index (χ1) is 15.6. The summed E-state index contributed by atoms with van der Waals surface area (Å²) in [5, 5.41) is 3.05. The first-order valence-electron chi connectivity index (χ1n) is 10.1. The highest BCUT2D eigenvalue weighted by Crippen LogP contribution is 2.37. The number of hydrogen-bond acceptors (Lipinski definition) is 5. The molecule has 1 N–H and O–H groups in total. The molecule has 0 saturated carbocycles. The number of ether oxygens (including phenoxy) is 2. The fraction of sp³-hybridized carbons (Fsp3) is 0.167. The molecule has 0 radical (unpaired) electrons. The number of thiophene rings is 1. The van der Waals surface area contributed by atoms with Crippen LogP contribution in [0.2, 0.25) is 0 Å². The van der Waals surface area contributed by atoms with E-state index in [1.807, 2.05) is 42.1 Å². The average molecular weight is 450 g/mol. The zero-order chi connectivity index (χ0) is 22.1. The number of amides is 1. The SMILES string of the molecule is Cn1ccnc1[C@H](NC(=O)c1ccc(-c2ccc3c(c2)OCCO3)s1)c1ccc(F)cc1. The third kappa shape index (κ3) is 3.97. The Morgan fingerprint density at radius 1 is 1.09 bits per heavy atom. The first-order valence-corrected chi connectivity index (χ1v) is 10.9. The molecule has 4 aromatic rings. The summed E-state index contributed by atoms with van der Waals surface area (Å²) >= 11 is 1.39. The third-order valence-corrected chi connectivity index (χ3v) is 6.38. The third-order valence-electron chi connectivity index (χ3n) is 5.25. The predicted molar refractivity (Wildman–Crippen MR) is 120 cm³/mol. The van der Waals surface area contributed by atoms with E-state index < -0.39 is 6.04 Å². The zero-order valence-corrected chi connectivity index (χ0v) is 18.1. The van der Waals surface area contributed by atoms with Crippen molar-refractivity contribution in [2.24, 2.45) is 7.05 Å². The number of benzene rings is 2. The van der Waals surface area contributed by atoms with Gasteiger partial charge in [-0.2, -0.15) is 0 Å². The van der Waals surface area contributed by atoms with E-state index in [9.17, 15) is 9.18 Å². The number of halogens is 1. The summed E-state index contributed by atoms with van der Waals surface area (Å²) in [6.07, 6.45) is 3.48. The van der Waals surface area contributed by atoms with Gasteiger partial charge in [-0.15, -0.1) is 11.3 Å². The number of nitrogens with zero attached hydrogens (tertiary/aromatic N) is 2. The Morgan fingerprint density at radius 3 is 2.62 bits per heavy atom. The van der Waals surface area contributed by atoms with E-state index in [-0.39, 0.29) is 11.7 Å². The molecule has 2 aromatic carbocycles. The molecule has 3 heterocycles. The van der Waals surface area contributed by atoms with Crippen LogP contribution in [-0.4, -0.2) is 28.7 Å². The number of aromatic nitrogens is 2. The lowest BCUT2D eigenvalue weighted by molar-refractivity contribution is 0.0945. The maximum absolute atomic E-state index is 13.4. The van der Waals surface area contributed by atoms with E-state index in [0.29, 0.717) is 29.7 Å². The topological polar surface area (TPSA) is 65.4 Å². The summed E-state index contributed by atoms with van der Waals surface area (Å²) in [5.74, 6) is 1.54. The Hall–Kier alpha value is -3.65. The highest BCUT2D eigenvalue weighted by molar-refractivity contribution is 7.17. The van der Waals surface area contributed by atoms with E-state index in [1.54, 1.807) is 24.4 Å². The van der Waals surface area contributed by atoms with Gasteiger partial charge in [0.25, 0.3) is 5.91 Å². The highest BCUT2D eigenvalue weighted by Gasteiger charge is 2.23. The summed E-state index contributed by atoms with van der Waals surface area (Å²) in [6, 6.07) is 15.0. The minimum Gasteiger partial charge on any atom is -0.486 e. The molecule has 1 amide bonds. The van der Waals surface area contributed by atoms with Crippen molar-refractivity contribution in [3.63, 3.8) is 0 Å². The maximum atomic E-state index is 13.4. The smallest absolute Gasteiger partial charge is 0.262 e. The predicted octanol–water partition coefficient (Wildman–Crippen LogP) is 4.58. The second kappa shape index (κ2) is 8.47. The molecule has 6 nitrogen and oxygen atoms in total. The van der Waals surface area contributed by atoms with Crippen molar-refractivity contribution in [3.8, 4) is 21.9 Å². The largest absolute Gasteiger partial charge is 0.486 e. The second-order valence-electron chi connectivity index (χ2n) is 7.38. The molecule has 2 aromatic heterocycles. The Balaban J connectivity index is 1.40. The van der Waals surface area contributed by atoms with Gasteiger partial charge >= 0.3 is 0 Å². The van der Waals surface area contributed by atoms with E-state index >= 15 is 0 Å². The van der Waals surface area contributed by atoms with Crippen molar-refractivity contribution in [2.75, 3.05) is 13.2 Å². The molecule has 1 atom stereocenters. The van der Waals surface area contributed by atoms with E-state index in [0.717, 1.165) is 21.8 Å². The molecule has 0 fully saturated rings. The number of rotatable bonds is 5. The van der Waals surface area contributed by atoms with Gasteiger partial charge in [0.2, 0.25) is 0 Å². The van der Waals surface area contributed by atoms with Crippen molar-refractivity contribution in [1.29, 1.82) is 0 Å². The molecule has 0 saturated heterocycles. The van der Waals surface area contributed by atoms with Gasteiger partial charge in [0.1, 0.15) is 30.9 Å². The molecule has 0 bridgehead atoms. The lowest BCUT2D eigenvalue weighted by atomic mass is 10.1. The number of carbonyl (C=O) groups is 1. The second-order valence-corrected chi connectivity index (χ2v) is 8.46. The van der Waals surface area contributed by atoms with Gasteiger partial charge in [-0.05, 0) is 53.6 Å². The van der Waals surface area contributed by atoms with Gasteiger partial charge in [0.05, 0.1) is 4.88 Å². The van der Waals surface area contributed by atoms with Crippen LogP contribution in [0, 0.1) is 5.82 Å². The van der Waals surface area contributed by atoms with Crippen molar-refractivity contribution in [3.05, 3.63) is 89.1 Å². The Kier molecular flexibility index (Phi) is 5.36. The van der Waals surface area contributed by atoms with Crippen LogP contribution in [0.4, 0.5) is 4.39 Å². The molecule has 8 heteroatoms. The van der Waals surface area contributed by atoms with Gasteiger partial charge in [0.15, 0.2) is 11.5 Å². The number of carbonyl (C=O) groups excluding carboxylic acids is 1. The lowest BCUT2D eigenvalue weighted by Crippen LogP contribution is -2.30. The minimum absolute atomic E-state index is 0.226. The van der Waals surface area contributed by atoms with Crippen molar-refractivity contribution >= 4 is 17.2 Å². The number of nitrogens with one attached hydrogen (secondary N) is 1. The summed E-state index contributed by atoms with van der Waals surface area (Å²) in [7, 11) is 1.86. The van der Waals surface area contributed by atoms with E-state index in [4.69, 9.17) is 9.47 Å². The Labute approximate surface area is 188 Å². The number of hydrogen-bond donors (Lipinski definition) is 1. The molecule has 162 valence electrons. The summed E-state index contributed by atoms with van der Waals surface area (Å²) in [4.78, 5) is 19.0. The molecule has 0 spiro atoms. The highest BCUT2D eigenvalue weighted by atomic mass is 32.1. The summed E-state index contributed by atoms with van der Waals surface area (Å²) in [6.45, 7) is 1.06. The standard InChI is InChI=1S/C24H20FN3O3S/c1-28-11-10-26-23(28)22(15-2-5-17(25)6-3-15)27-24(29)21-9-8-20(32-21)16-4-7-18-19(14-16)31-13-12-30-18/h2-11,14,22H,12-13H2,1H3,(H,27,29)/t22-/m1/s1. The number of aryl methyl sites for hydroxylation is 1. The number of fused-ring (bicyclic) bond motifs is 1. The molecule has 0 aliphatic carbocycles. The zero-order valence-electron chi connectivity index (χ0n) is 17.2. The molecule has 32 heavy (non-hydrogen) atoms. The van der Waals surface area contributed by atoms with Crippen molar-refractivity contribution < 1.29 is 18.7 Å². The van der Waals surface area contributed by atoms with Crippen LogP contribution in [0.15, 0.2) is 67.0 Å². The van der Waals surface area contributed by atoms with Crippen molar-refractivity contribution in [2.45, 2.75) is 6.04 Å². The van der Waals surface area contributed by atoms with Crippen LogP contribution in [0.5, 0.6) is 11.5 Å². The molecule has 0 unspecified atom stereocenters. The average Bonchev–Trinajstić information content (AvgIpc) is 3.47. The van der Waals surface area contributed by atoms with Crippen LogP contribution in [0.3, 0.4) is 0 Å². The fourth-order valence-electron chi connectivity index (χ4n) is 3.62. The van der Waals surface area contributed by atoms with Crippen LogP contribution < -0.4 is 14.8 Å². The summed E-state index contributed by atoms with van der Waals surface area (Å²) < 4.78 is 26.5. The molecule has 1 aliphatic heterocycles. The lowest BCUT2D eigenvalue weighted by Gasteiger charge is -2.19. The maximum Gasteiger partial charge on any atom is 0.262 e. The van der Waals surface area contributed by atoms with Crippen molar-refractivity contribution in [1.82, 2.24) is 14.9 Å². The molecular weight excluding hydrogens is 429 g/mol. The van der Waals surface area contributed by atoms with Gasteiger partial charge in [-0.3, -0.25) is 4.79 Å². The Bertz CT molecular complexity index is 1270. The summed E-state index contributed by atoms with van der Waals surface area (Å²) in [5.41, 5.74) is 1.70. The van der Waals surface area contributed by atoms with Crippen LogP contribution >= 0.6 is 11.3 Å². The van der Waals surface area contributed by atoms with Gasteiger partial charge in [-0.25, -0.2) is 9.37 Å². The quantitative estimate of drug-likeness (QED) is 0.485. The van der Waals surface area contributed by atoms with Gasteiger partial charge < -0.3 is 19.4 Å². The Morgan fingerprint density at radius 2 is 1.88 bits per heavy atom. The van der Waals surface area contributed by atoms with Gasteiger partial charge in [0, 0.05) is 24.3 Å². The van der Waals surface area contributed by atoms with Crippen LogP contribution in [0.25, 0.3) is 10.4 Å². The van der Waals surface area contributed by atoms with E-state index in [1.165, 1.54) is 23.5 Å². The minimum atomic E-state index is -0.511. The number of imidazole rings is 1. The molecule has 5 rings (SSSR count).